The quantitative estimate of drug-likeness (QED) is 0.309. The largest absolute Gasteiger partial charge is 0.469 e. The van der Waals surface area contributed by atoms with Gasteiger partial charge in [0.05, 0.1) is 12.3 Å². The fraction of sp³-hybridized carbons (Fsp3) is 0.316. The summed E-state index contributed by atoms with van der Waals surface area (Å²) < 4.78 is 7.11. The summed E-state index contributed by atoms with van der Waals surface area (Å²) in [6, 6.07) is 14.3. The molecule has 0 spiro atoms. The second kappa shape index (κ2) is 10.7. The van der Waals surface area contributed by atoms with Gasteiger partial charge in [-0.2, -0.15) is 5.10 Å². The second-order valence-electron chi connectivity index (χ2n) is 6.00. The highest BCUT2D eigenvalue weighted by atomic mass is 127. The fourth-order valence-corrected chi connectivity index (χ4v) is 2.55. The highest BCUT2D eigenvalue weighted by Gasteiger charge is 2.09. The first kappa shape index (κ1) is 20.9. The van der Waals surface area contributed by atoms with E-state index in [2.05, 4.69) is 44.8 Å². The van der Waals surface area contributed by atoms with E-state index in [1.54, 1.807) is 10.9 Å². The first-order valence-electron chi connectivity index (χ1n) is 8.67. The maximum absolute atomic E-state index is 5.38. The number of hydrogen-bond acceptors (Lipinski definition) is 4. The van der Waals surface area contributed by atoms with Crippen LogP contribution in [-0.2, 0) is 20.0 Å². The molecule has 7 nitrogen and oxygen atoms in total. The van der Waals surface area contributed by atoms with Crippen LogP contribution in [0.4, 0.5) is 0 Å². The number of nitrogens with one attached hydrogen (secondary N) is 2. The second-order valence-corrected chi connectivity index (χ2v) is 6.00. The summed E-state index contributed by atoms with van der Waals surface area (Å²) in [5, 5.41) is 10.9. The number of furan rings is 1. The molecule has 0 saturated carbocycles. The highest BCUT2D eigenvalue weighted by Crippen LogP contribution is 2.11. The molecule has 27 heavy (non-hydrogen) atoms. The van der Waals surface area contributed by atoms with Crippen molar-refractivity contribution in [2.45, 2.75) is 25.9 Å². The van der Waals surface area contributed by atoms with Gasteiger partial charge in [-0.05, 0) is 24.6 Å². The molecule has 3 rings (SSSR count). The lowest BCUT2D eigenvalue weighted by atomic mass is 10.1. The SMILES string of the molecule is CC(NC(=NCc1ncnn1C)NCCc1ccco1)c1ccccc1.I. The molecule has 0 bridgehead atoms. The molecule has 1 aromatic carbocycles. The molecule has 2 heterocycles. The van der Waals surface area contributed by atoms with Gasteiger partial charge in [0.25, 0.3) is 0 Å². The molecule has 8 heteroatoms. The minimum Gasteiger partial charge on any atom is -0.469 e. The van der Waals surface area contributed by atoms with Crippen LogP contribution in [0.2, 0.25) is 0 Å². The molecule has 0 saturated heterocycles. The van der Waals surface area contributed by atoms with Crippen molar-refractivity contribution in [3.63, 3.8) is 0 Å². The number of aryl methyl sites for hydroxylation is 1. The van der Waals surface area contributed by atoms with Crippen LogP contribution >= 0.6 is 24.0 Å². The molecule has 0 aliphatic carbocycles. The van der Waals surface area contributed by atoms with Crippen LogP contribution < -0.4 is 10.6 Å². The summed E-state index contributed by atoms with van der Waals surface area (Å²) in [6.45, 7) is 3.29. The molecule has 0 aliphatic rings. The fourth-order valence-electron chi connectivity index (χ4n) is 2.55. The molecule has 0 amide bonds. The third-order valence-electron chi connectivity index (χ3n) is 4.08. The van der Waals surface area contributed by atoms with Crippen molar-refractivity contribution >= 4 is 29.9 Å². The molecule has 0 fully saturated rings. The van der Waals surface area contributed by atoms with Gasteiger partial charge in [-0.1, -0.05) is 30.3 Å². The van der Waals surface area contributed by atoms with Crippen LogP contribution in [0.3, 0.4) is 0 Å². The summed E-state index contributed by atoms with van der Waals surface area (Å²) in [5.74, 6) is 2.49. The molecule has 144 valence electrons. The monoisotopic (exact) mass is 480 g/mol. The number of halogens is 1. The zero-order valence-electron chi connectivity index (χ0n) is 15.5. The van der Waals surface area contributed by atoms with E-state index in [9.17, 15) is 0 Å². The molecule has 1 atom stereocenters. The van der Waals surface area contributed by atoms with Crippen molar-refractivity contribution in [2.75, 3.05) is 6.54 Å². The minimum absolute atomic E-state index is 0. The number of aromatic nitrogens is 3. The Morgan fingerprint density at radius 2 is 2.04 bits per heavy atom. The topological polar surface area (TPSA) is 80.3 Å². The number of aliphatic imine (C=N–C) groups is 1. The van der Waals surface area contributed by atoms with Crippen molar-refractivity contribution in [1.82, 2.24) is 25.4 Å². The van der Waals surface area contributed by atoms with Gasteiger partial charge in [0.15, 0.2) is 5.96 Å². The lowest BCUT2D eigenvalue weighted by Crippen LogP contribution is -2.39. The Bertz CT molecular complexity index is 816. The molecule has 3 aromatic rings. The van der Waals surface area contributed by atoms with Crippen LogP contribution in [-0.4, -0.2) is 27.3 Å². The smallest absolute Gasteiger partial charge is 0.192 e. The number of nitrogens with zero attached hydrogens (tertiary/aromatic N) is 4. The number of hydrogen-bond donors (Lipinski definition) is 2. The highest BCUT2D eigenvalue weighted by molar-refractivity contribution is 14.0. The Balaban J connectivity index is 0.00000261. The summed E-state index contributed by atoms with van der Waals surface area (Å²) in [7, 11) is 1.86. The Kier molecular flexibility index (Phi) is 8.31. The maximum Gasteiger partial charge on any atom is 0.192 e. The number of guanidine groups is 1. The zero-order chi connectivity index (χ0) is 18.2. The van der Waals surface area contributed by atoms with Gasteiger partial charge in [-0.3, -0.25) is 4.68 Å². The molecule has 1 unspecified atom stereocenters. The van der Waals surface area contributed by atoms with Gasteiger partial charge in [0, 0.05) is 20.0 Å². The average Bonchev–Trinajstić information content (AvgIpc) is 3.32. The van der Waals surface area contributed by atoms with Crippen molar-refractivity contribution < 1.29 is 4.42 Å². The van der Waals surface area contributed by atoms with Crippen LogP contribution in [0.1, 0.15) is 30.1 Å². The van der Waals surface area contributed by atoms with Gasteiger partial charge in [0.2, 0.25) is 0 Å². The summed E-state index contributed by atoms with van der Waals surface area (Å²) >= 11 is 0. The summed E-state index contributed by atoms with van der Waals surface area (Å²) in [4.78, 5) is 8.87. The van der Waals surface area contributed by atoms with E-state index in [4.69, 9.17) is 4.42 Å². The molecule has 2 N–H and O–H groups in total. The summed E-state index contributed by atoms with van der Waals surface area (Å²) in [6.07, 6.45) is 4.01. The van der Waals surface area contributed by atoms with Crippen LogP contribution in [0, 0.1) is 0 Å². The lowest BCUT2D eigenvalue weighted by Gasteiger charge is -2.18. The van der Waals surface area contributed by atoms with Crippen LogP contribution in [0.15, 0.2) is 64.5 Å². The standard InChI is InChI=1S/C19H24N6O.HI/c1-15(16-7-4-3-5-8-16)24-19(20-11-10-17-9-6-12-26-17)21-13-18-22-14-23-25(18)2;/h3-9,12,14-15H,10-11,13H2,1-2H3,(H2,20,21,24);1H. The van der Waals surface area contributed by atoms with Crippen LogP contribution in [0.5, 0.6) is 0 Å². The first-order valence-corrected chi connectivity index (χ1v) is 8.67. The maximum atomic E-state index is 5.38. The molecule has 2 aromatic heterocycles. The third kappa shape index (κ3) is 6.38. The van der Waals surface area contributed by atoms with Crippen molar-refractivity contribution in [3.05, 3.63) is 72.2 Å². The number of rotatable bonds is 7. The zero-order valence-corrected chi connectivity index (χ0v) is 17.8. The minimum atomic E-state index is 0. The van der Waals surface area contributed by atoms with Gasteiger partial charge in [-0.25, -0.2) is 9.98 Å². The Labute approximate surface area is 176 Å². The van der Waals surface area contributed by atoms with E-state index in [0.29, 0.717) is 6.54 Å². The Morgan fingerprint density at radius 3 is 2.70 bits per heavy atom. The van der Waals surface area contributed by atoms with E-state index in [1.165, 1.54) is 11.9 Å². The summed E-state index contributed by atoms with van der Waals surface area (Å²) in [5.41, 5.74) is 1.20. The Hall–Kier alpha value is -2.36. The van der Waals surface area contributed by atoms with Gasteiger partial charge < -0.3 is 15.1 Å². The van der Waals surface area contributed by atoms with Gasteiger partial charge in [0.1, 0.15) is 24.5 Å². The molecular weight excluding hydrogens is 455 g/mol. The molecular formula is C19H25IN6O. The lowest BCUT2D eigenvalue weighted by molar-refractivity contribution is 0.506. The number of benzene rings is 1. The van der Waals surface area contributed by atoms with Crippen LogP contribution in [0.25, 0.3) is 0 Å². The van der Waals surface area contributed by atoms with E-state index in [1.807, 2.05) is 37.4 Å². The predicted molar refractivity (Wildman–Crippen MR) is 116 cm³/mol. The van der Waals surface area contributed by atoms with Gasteiger partial charge in [-0.15, -0.1) is 24.0 Å². The van der Waals surface area contributed by atoms with Crippen molar-refractivity contribution in [1.29, 1.82) is 0 Å². The van der Waals surface area contributed by atoms with E-state index < -0.39 is 0 Å². The first-order chi connectivity index (χ1) is 12.7. The van der Waals surface area contributed by atoms with Gasteiger partial charge >= 0.3 is 0 Å². The van der Waals surface area contributed by atoms with E-state index in [-0.39, 0.29) is 30.0 Å². The van der Waals surface area contributed by atoms with Crippen molar-refractivity contribution in [2.24, 2.45) is 12.0 Å². The predicted octanol–water partition coefficient (Wildman–Crippen LogP) is 3.07. The van der Waals surface area contributed by atoms with E-state index >= 15 is 0 Å². The Morgan fingerprint density at radius 1 is 1.22 bits per heavy atom. The molecule has 0 aliphatic heterocycles. The molecule has 0 radical (unpaired) electrons. The average molecular weight is 480 g/mol. The van der Waals surface area contributed by atoms with Crippen molar-refractivity contribution in [3.8, 4) is 0 Å². The third-order valence-corrected chi connectivity index (χ3v) is 4.08. The van der Waals surface area contributed by atoms with E-state index in [0.717, 1.165) is 30.5 Å². The normalized spacial score (nSPS) is 12.3.